The fourth-order valence-electron chi connectivity index (χ4n) is 3.91. The van der Waals surface area contributed by atoms with Crippen molar-refractivity contribution >= 4 is 23.3 Å². The fraction of sp³-hybridized carbons (Fsp3) is 0.240. The van der Waals surface area contributed by atoms with Crippen LogP contribution in [0.15, 0.2) is 58.6 Å². The molecule has 2 aromatic carbocycles. The van der Waals surface area contributed by atoms with E-state index in [0.717, 1.165) is 0 Å². The zero-order valence-electron chi connectivity index (χ0n) is 19.2. The molecule has 1 amide bonds. The third-order valence-corrected chi connectivity index (χ3v) is 5.45. The zero-order valence-corrected chi connectivity index (χ0v) is 19.2. The number of aromatic nitrogens is 1. The van der Waals surface area contributed by atoms with Gasteiger partial charge in [-0.05, 0) is 43.7 Å². The van der Waals surface area contributed by atoms with Gasteiger partial charge in [-0.3, -0.25) is 14.5 Å². The maximum absolute atomic E-state index is 13.2. The van der Waals surface area contributed by atoms with Gasteiger partial charge in [-0.2, -0.15) is 0 Å². The van der Waals surface area contributed by atoms with Gasteiger partial charge in [0, 0.05) is 11.6 Å². The molecule has 2 heterocycles. The van der Waals surface area contributed by atoms with Crippen molar-refractivity contribution < 1.29 is 33.4 Å². The summed E-state index contributed by atoms with van der Waals surface area (Å²) in [6.45, 7) is 3.96. The molecule has 0 aliphatic carbocycles. The molecule has 0 bridgehead atoms. The first-order valence-corrected chi connectivity index (χ1v) is 10.6. The SMILES string of the molecule is CCOc1ccc([C@H]2/C(=C(/O)c3cccc(OC)c3)C(=O)C(=O)N2c2cc(C)on2)cc1OC. The second-order valence-corrected chi connectivity index (χ2v) is 7.54. The van der Waals surface area contributed by atoms with Crippen LogP contribution in [0.1, 0.15) is 29.9 Å². The highest BCUT2D eigenvalue weighted by Crippen LogP contribution is 2.44. The van der Waals surface area contributed by atoms with Gasteiger partial charge in [0.15, 0.2) is 17.3 Å². The molecule has 0 saturated carbocycles. The summed E-state index contributed by atoms with van der Waals surface area (Å²) in [7, 11) is 2.99. The van der Waals surface area contributed by atoms with Gasteiger partial charge < -0.3 is 23.8 Å². The molecule has 9 nitrogen and oxygen atoms in total. The second kappa shape index (κ2) is 9.30. The predicted molar refractivity (Wildman–Crippen MR) is 123 cm³/mol. The number of methoxy groups -OCH3 is 2. The number of ketones is 1. The highest BCUT2D eigenvalue weighted by atomic mass is 16.5. The Morgan fingerprint density at radius 3 is 2.53 bits per heavy atom. The zero-order chi connectivity index (χ0) is 24.4. The number of amides is 1. The van der Waals surface area contributed by atoms with Gasteiger partial charge in [-0.15, -0.1) is 0 Å². The molecule has 0 radical (unpaired) electrons. The van der Waals surface area contributed by atoms with Crippen LogP contribution in [-0.4, -0.2) is 42.8 Å². The number of hydrogen-bond acceptors (Lipinski definition) is 8. The number of nitrogens with zero attached hydrogens (tertiary/aromatic N) is 2. The fourth-order valence-corrected chi connectivity index (χ4v) is 3.91. The molecule has 34 heavy (non-hydrogen) atoms. The minimum Gasteiger partial charge on any atom is -0.507 e. The summed E-state index contributed by atoms with van der Waals surface area (Å²) in [5.74, 6) is 0.0187. The average Bonchev–Trinajstić information content (AvgIpc) is 3.39. The van der Waals surface area contributed by atoms with Crippen molar-refractivity contribution in [3.8, 4) is 17.2 Å². The molecule has 1 aliphatic heterocycles. The molecule has 9 heteroatoms. The number of rotatable bonds is 7. The molecule has 0 unspecified atom stereocenters. The Hall–Kier alpha value is -4.27. The monoisotopic (exact) mass is 464 g/mol. The molecule has 1 aromatic heterocycles. The maximum Gasteiger partial charge on any atom is 0.301 e. The third-order valence-electron chi connectivity index (χ3n) is 5.45. The van der Waals surface area contributed by atoms with Crippen LogP contribution >= 0.6 is 0 Å². The Labute approximate surface area is 196 Å². The lowest BCUT2D eigenvalue weighted by molar-refractivity contribution is -0.132. The van der Waals surface area contributed by atoms with E-state index < -0.39 is 17.7 Å². The molecule has 1 N–H and O–H groups in total. The summed E-state index contributed by atoms with van der Waals surface area (Å²) in [5, 5.41) is 15.2. The van der Waals surface area contributed by atoms with E-state index >= 15 is 0 Å². The van der Waals surface area contributed by atoms with Crippen LogP contribution in [-0.2, 0) is 9.59 Å². The number of aryl methyl sites for hydroxylation is 1. The summed E-state index contributed by atoms with van der Waals surface area (Å²) in [6.07, 6.45) is 0. The first-order chi connectivity index (χ1) is 16.4. The predicted octanol–water partition coefficient (Wildman–Crippen LogP) is 4.03. The van der Waals surface area contributed by atoms with Crippen LogP contribution in [0.5, 0.6) is 17.2 Å². The summed E-state index contributed by atoms with van der Waals surface area (Å²) in [5.41, 5.74) is 0.756. The molecule has 1 aliphatic rings. The number of carbonyl (C=O) groups is 2. The molecule has 0 spiro atoms. The smallest absolute Gasteiger partial charge is 0.301 e. The number of anilines is 1. The maximum atomic E-state index is 13.2. The van der Waals surface area contributed by atoms with E-state index in [1.165, 1.54) is 19.1 Å². The van der Waals surface area contributed by atoms with Crippen LogP contribution < -0.4 is 19.1 Å². The van der Waals surface area contributed by atoms with Gasteiger partial charge in [0.2, 0.25) is 0 Å². The third kappa shape index (κ3) is 3.96. The van der Waals surface area contributed by atoms with Gasteiger partial charge >= 0.3 is 5.91 Å². The Kier molecular flexibility index (Phi) is 6.27. The molecular formula is C25H24N2O7. The number of hydrogen-bond donors (Lipinski definition) is 1. The standard InChI is InChI=1S/C25H24N2O7/c1-5-33-18-10-9-15(13-19(18)32-4)22-21(23(28)16-7-6-8-17(12-16)31-3)24(29)25(30)27(22)20-11-14(2)34-26-20/h6-13,22,28H,5H2,1-4H3/b23-21-/t22-/m0/s1. The lowest BCUT2D eigenvalue weighted by atomic mass is 9.95. The number of aliphatic hydroxyl groups is 1. The van der Waals surface area contributed by atoms with E-state index in [2.05, 4.69) is 5.16 Å². The number of benzene rings is 2. The van der Waals surface area contributed by atoms with Crippen molar-refractivity contribution in [2.75, 3.05) is 25.7 Å². The van der Waals surface area contributed by atoms with Gasteiger partial charge in [-0.1, -0.05) is 23.4 Å². The van der Waals surface area contributed by atoms with E-state index in [1.54, 1.807) is 55.5 Å². The first kappa shape index (κ1) is 22.9. The van der Waals surface area contributed by atoms with Crippen molar-refractivity contribution in [2.45, 2.75) is 19.9 Å². The van der Waals surface area contributed by atoms with Gasteiger partial charge in [-0.25, -0.2) is 0 Å². The van der Waals surface area contributed by atoms with E-state index in [0.29, 0.717) is 40.7 Å². The Morgan fingerprint density at radius 1 is 1.09 bits per heavy atom. The van der Waals surface area contributed by atoms with Crippen molar-refractivity contribution in [2.24, 2.45) is 0 Å². The molecule has 1 atom stereocenters. The molecule has 1 fully saturated rings. The first-order valence-electron chi connectivity index (χ1n) is 10.6. The number of Topliss-reactive ketones (excluding diaryl/α,β-unsaturated/α-hetero) is 1. The van der Waals surface area contributed by atoms with Gasteiger partial charge in [0.05, 0.1) is 32.4 Å². The molecule has 1 saturated heterocycles. The Morgan fingerprint density at radius 2 is 1.88 bits per heavy atom. The number of ether oxygens (including phenoxy) is 3. The molecule has 4 rings (SSSR count). The Bertz CT molecular complexity index is 1280. The number of aliphatic hydroxyl groups excluding tert-OH is 1. The minimum atomic E-state index is -0.986. The van der Waals surface area contributed by atoms with Gasteiger partial charge in [0.25, 0.3) is 5.78 Å². The van der Waals surface area contributed by atoms with Crippen molar-refractivity contribution in [3.63, 3.8) is 0 Å². The van der Waals surface area contributed by atoms with Crippen LogP contribution in [0.4, 0.5) is 5.82 Å². The molecule has 176 valence electrons. The lowest BCUT2D eigenvalue weighted by Crippen LogP contribution is -2.29. The Balaban J connectivity index is 1.94. The highest BCUT2D eigenvalue weighted by molar-refractivity contribution is 6.51. The lowest BCUT2D eigenvalue weighted by Gasteiger charge is -2.23. The average molecular weight is 464 g/mol. The van der Waals surface area contributed by atoms with Crippen LogP contribution in [0.3, 0.4) is 0 Å². The van der Waals surface area contributed by atoms with Crippen LogP contribution in [0.25, 0.3) is 5.76 Å². The number of carbonyl (C=O) groups excluding carboxylic acids is 2. The van der Waals surface area contributed by atoms with Crippen molar-refractivity contribution in [1.29, 1.82) is 0 Å². The summed E-state index contributed by atoms with van der Waals surface area (Å²) in [4.78, 5) is 27.6. The van der Waals surface area contributed by atoms with Crippen molar-refractivity contribution in [1.82, 2.24) is 5.16 Å². The van der Waals surface area contributed by atoms with Crippen LogP contribution in [0.2, 0.25) is 0 Å². The summed E-state index contributed by atoms with van der Waals surface area (Å²) < 4.78 is 21.5. The van der Waals surface area contributed by atoms with E-state index in [9.17, 15) is 14.7 Å². The summed E-state index contributed by atoms with van der Waals surface area (Å²) >= 11 is 0. The highest BCUT2D eigenvalue weighted by Gasteiger charge is 2.48. The largest absolute Gasteiger partial charge is 0.507 e. The second-order valence-electron chi connectivity index (χ2n) is 7.54. The minimum absolute atomic E-state index is 0.0925. The molecule has 3 aromatic rings. The van der Waals surface area contributed by atoms with E-state index in [1.807, 2.05) is 6.92 Å². The van der Waals surface area contributed by atoms with E-state index in [4.69, 9.17) is 18.7 Å². The molecular weight excluding hydrogens is 440 g/mol. The normalized spacial score (nSPS) is 17.2. The summed E-state index contributed by atoms with van der Waals surface area (Å²) in [6, 6.07) is 12.2. The van der Waals surface area contributed by atoms with E-state index in [-0.39, 0.29) is 17.2 Å². The quantitative estimate of drug-likeness (QED) is 0.317. The van der Waals surface area contributed by atoms with Gasteiger partial charge in [0.1, 0.15) is 17.3 Å². The van der Waals surface area contributed by atoms with Crippen LogP contribution in [0, 0.1) is 6.92 Å². The van der Waals surface area contributed by atoms with Crippen molar-refractivity contribution in [3.05, 3.63) is 71.0 Å². The topological polar surface area (TPSA) is 111 Å².